The van der Waals surface area contributed by atoms with E-state index in [9.17, 15) is 5.11 Å². The van der Waals surface area contributed by atoms with Gasteiger partial charge in [-0.05, 0) is 25.7 Å². The minimum absolute atomic E-state index is 0.415. The van der Waals surface area contributed by atoms with Crippen LogP contribution in [-0.4, -0.2) is 25.5 Å². The van der Waals surface area contributed by atoms with Crippen LogP contribution < -0.4 is 0 Å². The number of hydrogen-bond donors (Lipinski definition) is 1. The van der Waals surface area contributed by atoms with Gasteiger partial charge in [-0.15, -0.1) is 0 Å². The van der Waals surface area contributed by atoms with Crippen molar-refractivity contribution in [2.75, 3.05) is 0 Å². The van der Waals surface area contributed by atoms with Gasteiger partial charge in [-0.1, -0.05) is 19.3 Å². The summed E-state index contributed by atoms with van der Waals surface area (Å²) in [5.41, 5.74) is -0.638. The quantitative estimate of drug-likeness (QED) is 0.848. The molecule has 16 heavy (non-hydrogen) atoms. The molecule has 4 nitrogen and oxygen atoms in total. The molecule has 1 aromatic heterocycles. The van der Waals surface area contributed by atoms with Gasteiger partial charge in [0.25, 0.3) is 0 Å². The number of aryl methyl sites for hydroxylation is 1. The van der Waals surface area contributed by atoms with Gasteiger partial charge in [0.1, 0.15) is 12.2 Å². The van der Waals surface area contributed by atoms with E-state index in [1.165, 1.54) is 19.3 Å². The summed E-state index contributed by atoms with van der Waals surface area (Å²) in [5, 5.41) is 14.6. The molecule has 0 amide bonds. The molecule has 4 heteroatoms. The molecule has 1 atom stereocenters. The molecule has 1 aromatic rings. The zero-order valence-electron chi connectivity index (χ0n) is 10.2. The number of aromatic nitrogens is 3. The highest BCUT2D eigenvalue weighted by molar-refractivity contribution is 4.95. The van der Waals surface area contributed by atoms with Crippen molar-refractivity contribution < 1.29 is 5.11 Å². The lowest BCUT2D eigenvalue weighted by Gasteiger charge is -2.35. The highest BCUT2D eigenvalue weighted by Crippen LogP contribution is 2.34. The van der Waals surface area contributed by atoms with Crippen molar-refractivity contribution in [2.24, 2.45) is 13.0 Å². The molecule has 0 aliphatic heterocycles. The van der Waals surface area contributed by atoms with Crippen molar-refractivity contribution in [3.8, 4) is 0 Å². The Bertz CT molecular complexity index is 340. The lowest BCUT2D eigenvalue weighted by molar-refractivity contribution is -0.0181. The first kappa shape index (κ1) is 11.6. The third-order valence-electron chi connectivity index (χ3n) is 3.81. The molecule has 1 aliphatic rings. The summed E-state index contributed by atoms with van der Waals surface area (Å²) < 4.78 is 1.75. The molecule has 1 unspecified atom stereocenters. The van der Waals surface area contributed by atoms with Crippen LogP contribution in [-0.2, 0) is 13.5 Å². The topological polar surface area (TPSA) is 50.9 Å². The first-order valence-corrected chi connectivity index (χ1v) is 6.15. The first-order valence-electron chi connectivity index (χ1n) is 6.15. The summed E-state index contributed by atoms with van der Waals surface area (Å²) in [6.07, 6.45) is 8.26. The second-order valence-corrected chi connectivity index (χ2v) is 5.17. The van der Waals surface area contributed by atoms with Crippen molar-refractivity contribution >= 4 is 0 Å². The fraction of sp³-hybridized carbons (Fsp3) is 0.833. The molecule has 1 aliphatic carbocycles. The average molecular weight is 223 g/mol. The minimum atomic E-state index is -0.638. The van der Waals surface area contributed by atoms with E-state index >= 15 is 0 Å². The Morgan fingerprint density at radius 1 is 1.44 bits per heavy atom. The molecule has 1 heterocycles. The van der Waals surface area contributed by atoms with Gasteiger partial charge in [0.05, 0.1) is 5.60 Å². The zero-order chi connectivity index (χ0) is 11.6. The van der Waals surface area contributed by atoms with Gasteiger partial charge < -0.3 is 5.11 Å². The Kier molecular flexibility index (Phi) is 3.28. The second kappa shape index (κ2) is 4.53. The summed E-state index contributed by atoms with van der Waals surface area (Å²) in [4.78, 5) is 4.19. The highest BCUT2D eigenvalue weighted by atomic mass is 16.3. The van der Waals surface area contributed by atoms with Crippen LogP contribution in [0.1, 0.15) is 44.9 Å². The summed E-state index contributed by atoms with van der Waals surface area (Å²) in [6.45, 7) is 1.94. The Balaban J connectivity index is 2.04. The molecular formula is C12H21N3O. The van der Waals surface area contributed by atoms with Gasteiger partial charge >= 0.3 is 0 Å². The summed E-state index contributed by atoms with van der Waals surface area (Å²) in [5.74, 6) is 1.29. The fourth-order valence-electron chi connectivity index (χ4n) is 2.67. The molecule has 0 radical (unpaired) electrons. The van der Waals surface area contributed by atoms with E-state index in [-0.39, 0.29) is 0 Å². The molecule has 0 bridgehead atoms. The molecule has 2 rings (SSSR count). The Labute approximate surface area is 96.7 Å². The largest absolute Gasteiger partial charge is 0.389 e. The zero-order valence-corrected chi connectivity index (χ0v) is 10.2. The van der Waals surface area contributed by atoms with Crippen LogP contribution in [0.25, 0.3) is 0 Å². The van der Waals surface area contributed by atoms with Gasteiger partial charge in [0, 0.05) is 13.5 Å². The molecular weight excluding hydrogens is 202 g/mol. The van der Waals surface area contributed by atoms with Crippen molar-refractivity contribution in [3.05, 3.63) is 12.2 Å². The maximum Gasteiger partial charge on any atom is 0.138 e. The Hall–Kier alpha value is -0.900. The summed E-state index contributed by atoms with van der Waals surface area (Å²) in [7, 11) is 1.87. The highest BCUT2D eigenvalue weighted by Gasteiger charge is 2.34. The molecule has 1 fully saturated rings. The van der Waals surface area contributed by atoms with Crippen LogP contribution in [0.3, 0.4) is 0 Å². The van der Waals surface area contributed by atoms with Gasteiger partial charge in [-0.3, -0.25) is 4.68 Å². The molecule has 0 saturated heterocycles. The fourth-order valence-corrected chi connectivity index (χ4v) is 2.67. The standard InChI is InChI=1S/C12H21N3O/c1-12(16,10-6-4-3-5-7-10)8-11-13-9-14-15(11)2/h9-10,16H,3-8H2,1-2H3. The van der Waals surface area contributed by atoms with Crippen LogP contribution in [0, 0.1) is 5.92 Å². The van der Waals surface area contributed by atoms with E-state index in [1.807, 2.05) is 14.0 Å². The van der Waals surface area contributed by atoms with E-state index in [1.54, 1.807) is 11.0 Å². The average Bonchev–Trinajstić information content (AvgIpc) is 2.65. The van der Waals surface area contributed by atoms with E-state index in [4.69, 9.17) is 0 Å². The van der Waals surface area contributed by atoms with Gasteiger partial charge in [0.2, 0.25) is 0 Å². The Morgan fingerprint density at radius 3 is 2.69 bits per heavy atom. The van der Waals surface area contributed by atoms with Gasteiger partial charge in [-0.25, -0.2) is 4.98 Å². The summed E-state index contributed by atoms with van der Waals surface area (Å²) >= 11 is 0. The third kappa shape index (κ3) is 2.43. The van der Waals surface area contributed by atoms with E-state index in [0.29, 0.717) is 12.3 Å². The van der Waals surface area contributed by atoms with E-state index < -0.39 is 5.60 Å². The smallest absolute Gasteiger partial charge is 0.138 e. The van der Waals surface area contributed by atoms with Gasteiger partial charge in [-0.2, -0.15) is 5.10 Å². The predicted octanol–water partition coefficient (Wildman–Crippen LogP) is 1.69. The molecule has 1 N–H and O–H groups in total. The number of aliphatic hydroxyl groups is 1. The maximum absolute atomic E-state index is 10.6. The van der Waals surface area contributed by atoms with Crippen LogP contribution in [0.5, 0.6) is 0 Å². The van der Waals surface area contributed by atoms with Crippen molar-refractivity contribution in [2.45, 2.75) is 51.0 Å². The van der Waals surface area contributed by atoms with Crippen LogP contribution in [0.2, 0.25) is 0 Å². The SMILES string of the molecule is Cn1ncnc1CC(C)(O)C1CCCCC1. The minimum Gasteiger partial charge on any atom is -0.389 e. The molecule has 0 aromatic carbocycles. The molecule has 0 spiro atoms. The normalized spacial score (nSPS) is 21.9. The second-order valence-electron chi connectivity index (χ2n) is 5.17. The summed E-state index contributed by atoms with van der Waals surface area (Å²) in [6, 6.07) is 0. The predicted molar refractivity (Wildman–Crippen MR) is 61.9 cm³/mol. The van der Waals surface area contributed by atoms with E-state index in [2.05, 4.69) is 10.1 Å². The van der Waals surface area contributed by atoms with Crippen LogP contribution in [0.4, 0.5) is 0 Å². The third-order valence-corrected chi connectivity index (χ3v) is 3.81. The number of rotatable bonds is 3. The first-order chi connectivity index (χ1) is 7.59. The Morgan fingerprint density at radius 2 is 2.12 bits per heavy atom. The van der Waals surface area contributed by atoms with E-state index in [0.717, 1.165) is 18.7 Å². The van der Waals surface area contributed by atoms with Crippen LogP contribution in [0.15, 0.2) is 6.33 Å². The van der Waals surface area contributed by atoms with Crippen molar-refractivity contribution in [3.63, 3.8) is 0 Å². The van der Waals surface area contributed by atoms with Crippen molar-refractivity contribution in [1.29, 1.82) is 0 Å². The van der Waals surface area contributed by atoms with Crippen molar-refractivity contribution in [1.82, 2.24) is 14.8 Å². The maximum atomic E-state index is 10.6. The molecule has 90 valence electrons. The monoisotopic (exact) mass is 223 g/mol. The number of nitrogens with zero attached hydrogens (tertiary/aromatic N) is 3. The van der Waals surface area contributed by atoms with Crippen LogP contribution >= 0.6 is 0 Å². The lowest BCUT2D eigenvalue weighted by atomic mass is 9.76. The molecule has 1 saturated carbocycles. The lowest BCUT2D eigenvalue weighted by Crippen LogP contribution is -2.38. The number of hydrogen-bond acceptors (Lipinski definition) is 3. The van der Waals surface area contributed by atoms with Gasteiger partial charge in [0.15, 0.2) is 0 Å².